The third kappa shape index (κ3) is 6.51. The first kappa shape index (κ1) is 19.4. The first-order chi connectivity index (χ1) is 11.7. The highest BCUT2D eigenvalue weighted by molar-refractivity contribution is 7.98. The Labute approximate surface area is 149 Å². The van der Waals surface area contributed by atoms with Crippen LogP contribution in [0.5, 0.6) is 11.5 Å². The zero-order chi connectivity index (χ0) is 17.2. The third-order valence-corrected chi connectivity index (χ3v) is 4.75. The average Bonchev–Trinajstić information content (AvgIpc) is 3.10. The zero-order valence-corrected chi connectivity index (χ0v) is 15.6. The van der Waals surface area contributed by atoms with Gasteiger partial charge in [-0.3, -0.25) is 0 Å². The summed E-state index contributed by atoms with van der Waals surface area (Å²) < 4.78 is 11.2. The summed E-state index contributed by atoms with van der Waals surface area (Å²) in [6.45, 7) is 4.92. The SMILES string of the molecule is COc1ccc(CNCCSC)cc1OC[C@H](O)CN1CCCC1. The van der Waals surface area contributed by atoms with Crippen LogP contribution in [0, 0.1) is 0 Å². The van der Waals surface area contributed by atoms with Crippen molar-refractivity contribution in [3.63, 3.8) is 0 Å². The second kappa shape index (κ2) is 10.8. The fraction of sp³-hybridized carbons (Fsp3) is 0.667. The maximum Gasteiger partial charge on any atom is 0.161 e. The highest BCUT2D eigenvalue weighted by atomic mass is 32.2. The second-order valence-electron chi connectivity index (χ2n) is 6.13. The molecule has 5 nitrogen and oxygen atoms in total. The van der Waals surface area contributed by atoms with Crippen LogP contribution in [0.25, 0.3) is 0 Å². The van der Waals surface area contributed by atoms with E-state index >= 15 is 0 Å². The van der Waals surface area contributed by atoms with Crippen molar-refractivity contribution < 1.29 is 14.6 Å². The predicted octanol–water partition coefficient (Wildman–Crippen LogP) is 1.98. The molecule has 0 bridgehead atoms. The molecule has 1 aliphatic rings. The van der Waals surface area contributed by atoms with Gasteiger partial charge in [-0.05, 0) is 49.9 Å². The van der Waals surface area contributed by atoms with E-state index in [1.165, 1.54) is 12.8 Å². The first-order valence-electron chi connectivity index (χ1n) is 8.62. The number of rotatable bonds is 11. The zero-order valence-electron chi connectivity index (χ0n) is 14.8. The number of nitrogens with one attached hydrogen (secondary N) is 1. The Balaban J connectivity index is 1.84. The number of thioether (sulfide) groups is 1. The number of benzene rings is 1. The topological polar surface area (TPSA) is 54.0 Å². The lowest BCUT2D eigenvalue weighted by atomic mass is 10.2. The molecule has 1 heterocycles. The fourth-order valence-electron chi connectivity index (χ4n) is 2.85. The minimum atomic E-state index is -0.476. The third-order valence-electron chi connectivity index (χ3n) is 4.14. The van der Waals surface area contributed by atoms with Crippen molar-refractivity contribution in [3.8, 4) is 11.5 Å². The van der Waals surface area contributed by atoms with Crippen LogP contribution in [0.1, 0.15) is 18.4 Å². The summed E-state index contributed by atoms with van der Waals surface area (Å²) in [5, 5.41) is 13.6. The predicted molar refractivity (Wildman–Crippen MR) is 100 cm³/mol. The molecule has 1 saturated heterocycles. The normalized spacial score (nSPS) is 16.3. The number of aliphatic hydroxyl groups excluding tert-OH is 1. The van der Waals surface area contributed by atoms with Crippen LogP contribution in [0.15, 0.2) is 18.2 Å². The van der Waals surface area contributed by atoms with E-state index in [1.807, 2.05) is 30.0 Å². The summed E-state index contributed by atoms with van der Waals surface area (Å²) in [6.07, 6.45) is 4.09. The van der Waals surface area contributed by atoms with E-state index in [0.29, 0.717) is 18.0 Å². The van der Waals surface area contributed by atoms with Gasteiger partial charge in [-0.25, -0.2) is 0 Å². The number of aliphatic hydroxyl groups is 1. The van der Waals surface area contributed by atoms with Gasteiger partial charge in [0.2, 0.25) is 0 Å². The largest absolute Gasteiger partial charge is 0.493 e. The molecule has 1 fully saturated rings. The second-order valence-corrected chi connectivity index (χ2v) is 7.11. The van der Waals surface area contributed by atoms with Gasteiger partial charge in [-0.1, -0.05) is 6.07 Å². The minimum absolute atomic E-state index is 0.288. The smallest absolute Gasteiger partial charge is 0.161 e. The Hall–Kier alpha value is -0.950. The van der Waals surface area contributed by atoms with Crippen molar-refractivity contribution >= 4 is 11.8 Å². The molecule has 1 aromatic carbocycles. The lowest BCUT2D eigenvalue weighted by molar-refractivity contribution is 0.0746. The molecule has 24 heavy (non-hydrogen) atoms. The van der Waals surface area contributed by atoms with Crippen molar-refractivity contribution in [2.24, 2.45) is 0 Å². The van der Waals surface area contributed by atoms with Gasteiger partial charge in [0.1, 0.15) is 12.7 Å². The van der Waals surface area contributed by atoms with E-state index in [1.54, 1.807) is 7.11 Å². The quantitative estimate of drug-likeness (QED) is 0.593. The van der Waals surface area contributed by atoms with Gasteiger partial charge in [0, 0.05) is 25.4 Å². The number of likely N-dealkylation sites (tertiary alicyclic amines) is 1. The Morgan fingerprint density at radius 2 is 2.08 bits per heavy atom. The van der Waals surface area contributed by atoms with Gasteiger partial charge in [0.25, 0.3) is 0 Å². The van der Waals surface area contributed by atoms with Crippen LogP contribution in [0.4, 0.5) is 0 Å². The molecular formula is C18H30N2O3S. The molecule has 2 N–H and O–H groups in total. The van der Waals surface area contributed by atoms with Gasteiger partial charge in [-0.2, -0.15) is 11.8 Å². The van der Waals surface area contributed by atoms with Crippen LogP contribution in [0.3, 0.4) is 0 Å². The van der Waals surface area contributed by atoms with Gasteiger partial charge >= 0.3 is 0 Å². The summed E-state index contributed by atoms with van der Waals surface area (Å²) >= 11 is 1.83. The van der Waals surface area contributed by atoms with Gasteiger partial charge in [0.15, 0.2) is 11.5 Å². The maximum absolute atomic E-state index is 10.2. The molecular weight excluding hydrogens is 324 g/mol. The number of hydrogen-bond acceptors (Lipinski definition) is 6. The molecule has 0 unspecified atom stereocenters. The molecule has 0 spiro atoms. The molecule has 1 aromatic rings. The van der Waals surface area contributed by atoms with E-state index < -0.39 is 6.10 Å². The molecule has 0 aliphatic carbocycles. The fourth-order valence-corrected chi connectivity index (χ4v) is 3.20. The number of nitrogens with zero attached hydrogens (tertiary/aromatic N) is 1. The standard InChI is InChI=1S/C18H30N2O3S/c1-22-17-6-5-15(12-19-7-10-24-2)11-18(17)23-14-16(21)13-20-8-3-4-9-20/h5-6,11,16,19,21H,3-4,7-10,12-14H2,1-2H3/t16-/m1/s1. The molecule has 2 rings (SSSR count). The van der Waals surface area contributed by atoms with Crippen LogP contribution < -0.4 is 14.8 Å². The summed E-state index contributed by atoms with van der Waals surface area (Å²) in [4.78, 5) is 2.29. The average molecular weight is 355 g/mol. The maximum atomic E-state index is 10.2. The Morgan fingerprint density at radius 3 is 2.79 bits per heavy atom. The van der Waals surface area contributed by atoms with Gasteiger partial charge < -0.3 is 24.8 Å². The highest BCUT2D eigenvalue weighted by Crippen LogP contribution is 2.28. The molecule has 0 saturated carbocycles. The van der Waals surface area contributed by atoms with Crippen molar-refractivity contribution in [1.29, 1.82) is 0 Å². The monoisotopic (exact) mass is 354 g/mol. The van der Waals surface area contributed by atoms with Crippen molar-refractivity contribution in [3.05, 3.63) is 23.8 Å². The Morgan fingerprint density at radius 1 is 1.29 bits per heavy atom. The number of hydrogen-bond donors (Lipinski definition) is 2. The van der Waals surface area contributed by atoms with Crippen LogP contribution in [0.2, 0.25) is 0 Å². The summed E-state index contributed by atoms with van der Waals surface area (Å²) in [7, 11) is 1.64. The molecule has 0 aromatic heterocycles. The summed E-state index contributed by atoms with van der Waals surface area (Å²) in [6, 6.07) is 5.96. The van der Waals surface area contributed by atoms with Crippen LogP contribution in [-0.4, -0.2) is 68.0 Å². The number of methoxy groups -OCH3 is 1. The van der Waals surface area contributed by atoms with E-state index in [2.05, 4.69) is 16.5 Å². The first-order valence-corrected chi connectivity index (χ1v) is 10.0. The highest BCUT2D eigenvalue weighted by Gasteiger charge is 2.17. The minimum Gasteiger partial charge on any atom is -0.493 e. The Bertz CT molecular complexity index is 481. The molecule has 6 heteroatoms. The lowest BCUT2D eigenvalue weighted by Crippen LogP contribution is -2.33. The van der Waals surface area contributed by atoms with E-state index in [-0.39, 0.29) is 6.61 Å². The summed E-state index contributed by atoms with van der Waals surface area (Å²) in [5.41, 5.74) is 1.15. The molecule has 1 atom stereocenters. The van der Waals surface area contributed by atoms with Crippen molar-refractivity contribution in [1.82, 2.24) is 10.2 Å². The number of β-amino-alcohol motifs (C(OH)–C–C–N with tert-alkyl or cyclic N) is 1. The van der Waals surface area contributed by atoms with Crippen molar-refractivity contribution in [2.75, 3.05) is 51.9 Å². The van der Waals surface area contributed by atoms with Gasteiger partial charge in [-0.15, -0.1) is 0 Å². The Kier molecular flexibility index (Phi) is 8.74. The molecule has 0 radical (unpaired) electrons. The summed E-state index contributed by atoms with van der Waals surface area (Å²) in [5.74, 6) is 2.50. The van der Waals surface area contributed by atoms with E-state index in [4.69, 9.17) is 9.47 Å². The van der Waals surface area contributed by atoms with Crippen LogP contribution >= 0.6 is 11.8 Å². The number of ether oxygens (including phenoxy) is 2. The molecule has 0 amide bonds. The van der Waals surface area contributed by atoms with Gasteiger partial charge in [0.05, 0.1) is 7.11 Å². The lowest BCUT2D eigenvalue weighted by Gasteiger charge is -2.20. The van der Waals surface area contributed by atoms with E-state index in [9.17, 15) is 5.11 Å². The molecule has 136 valence electrons. The van der Waals surface area contributed by atoms with E-state index in [0.717, 1.165) is 37.5 Å². The van der Waals surface area contributed by atoms with Crippen LogP contribution in [-0.2, 0) is 6.54 Å². The molecule has 1 aliphatic heterocycles. The van der Waals surface area contributed by atoms with Crippen molar-refractivity contribution in [2.45, 2.75) is 25.5 Å².